The molecule has 0 amide bonds. The van der Waals surface area contributed by atoms with Gasteiger partial charge in [-0.2, -0.15) is 0 Å². The first-order chi connectivity index (χ1) is 16.7. The molecule has 0 aromatic heterocycles. The number of hydrogen-bond acceptors (Lipinski definition) is 14. The molecule has 196 valence electrons. The topological polar surface area (TPSA) is 77.4 Å². The molecule has 0 atom stereocenters. The molecule has 2 N–H and O–H groups in total. The summed E-state index contributed by atoms with van der Waals surface area (Å²) in [7, 11) is 0. The minimum Gasteiger partial charge on any atom is -0.394 e. The van der Waals surface area contributed by atoms with E-state index in [2.05, 4.69) is 12.5 Å². The highest BCUT2D eigenvalue weighted by Crippen LogP contribution is 2.65. The first-order valence-corrected chi connectivity index (χ1v) is 18.2. The third-order valence-electron chi connectivity index (χ3n) is 3.75. The van der Waals surface area contributed by atoms with Crippen LogP contribution < -0.4 is 0 Å². The van der Waals surface area contributed by atoms with Gasteiger partial charge < -0.3 is 29.2 Å². The first kappa shape index (κ1) is 32.0. The molecular weight excluding hydrogens is 593 g/mol. The zero-order valence-electron chi connectivity index (χ0n) is 19.3. The Hall–Kier alpha value is 1.78. The Morgan fingerprint density at radius 1 is 0.529 bits per heavy atom. The van der Waals surface area contributed by atoms with Gasteiger partial charge in [-0.1, -0.05) is 47.0 Å². The van der Waals surface area contributed by atoms with Gasteiger partial charge in [0.1, 0.15) is 0 Å². The average Bonchev–Trinajstić information content (AvgIpc) is 3.46. The van der Waals surface area contributed by atoms with Crippen LogP contribution in [0.4, 0.5) is 0 Å². The van der Waals surface area contributed by atoms with Gasteiger partial charge in [0.25, 0.3) is 0 Å². The van der Waals surface area contributed by atoms with E-state index < -0.39 is 0 Å². The van der Waals surface area contributed by atoms with Gasteiger partial charge >= 0.3 is 0 Å². The summed E-state index contributed by atoms with van der Waals surface area (Å²) in [5.41, 5.74) is 0. The van der Waals surface area contributed by atoms with Crippen LogP contribution in [0.15, 0.2) is 25.4 Å². The number of thioether (sulfide) groups is 8. The molecule has 0 saturated heterocycles. The predicted octanol–water partition coefficient (Wildman–Crippen LogP) is 5.57. The second-order valence-electron chi connectivity index (χ2n) is 6.13. The van der Waals surface area contributed by atoms with Gasteiger partial charge in [-0.15, -0.1) is 47.0 Å². The fraction of sp³-hybridized carbons (Fsp3) is 0.700. The summed E-state index contributed by atoms with van der Waals surface area (Å²) >= 11 is 14.9. The Morgan fingerprint density at radius 2 is 0.882 bits per heavy atom. The summed E-state index contributed by atoms with van der Waals surface area (Å²) in [6.07, 6.45) is 4.29. The Kier molecular flexibility index (Phi) is 19.5. The van der Waals surface area contributed by atoms with Crippen molar-refractivity contribution >= 4 is 94.1 Å². The zero-order chi connectivity index (χ0) is 24.4. The summed E-state index contributed by atoms with van der Waals surface area (Å²) in [5.74, 6) is 1.78. The molecule has 2 rings (SSSR count). The lowest BCUT2D eigenvalue weighted by Crippen LogP contribution is -2.08. The molecule has 0 saturated carbocycles. The molecular formula is C20H32O6S8. The first-order valence-electron chi connectivity index (χ1n) is 10.5. The van der Waals surface area contributed by atoms with E-state index in [4.69, 9.17) is 29.2 Å². The lowest BCUT2D eigenvalue weighted by Gasteiger charge is -2.07. The molecule has 14 heteroatoms. The summed E-state index contributed by atoms with van der Waals surface area (Å²) in [6.45, 7) is 4.26. The number of aliphatic hydroxyl groups excluding tert-OH is 2. The Bertz CT molecular complexity index is 636. The molecule has 0 unspecified atom stereocenters. The van der Waals surface area contributed by atoms with Gasteiger partial charge in [0, 0.05) is 11.5 Å². The average molecular weight is 625 g/mol. The SMILES string of the molecule is CSC1=C(SC)SC(=C2SC(SCCOCCOCCO)=C(SCCOCCOCCO)S2)S1. The maximum atomic E-state index is 8.73. The van der Waals surface area contributed by atoms with Gasteiger partial charge in [-0.3, -0.25) is 0 Å². The monoisotopic (exact) mass is 624 g/mol. The molecule has 0 radical (unpaired) electrons. The zero-order valence-corrected chi connectivity index (χ0v) is 25.8. The maximum absolute atomic E-state index is 8.73. The van der Waals surface area contributed by atoms with Crippen molar-refractivity contribution in [3.05, 3.63) is 25.4 Å². The normalized spacial score (nSPS) is 16.6. The molecule has 0 bridgehead atoms. The predicted molar refractivity (Wildman–Crippen MR) is 161 cm³/mol. The summed E-state index contributed by atoms with van der Waals surface area (Å²) < 4.78 is 30.0. The lowest BCUT2D eigenvalue weighted by atomic mass is 10.7. The standard InChI is InChI=1S/C20H32O6S8/c1-27-15-16(28-2)32-19(31-15)20-33-17(29-13-11-25-9-7-23-5-3-21)18(34-20)30-14-12-26-10-8-24-6-4-22/h21-22H,3-14H2,1-2H3. The van der Waals surface area contributed by atoms with Crippen LogP contribution in [0.1, 0.15) is 0 Å². The Morgan fingerprint density at radius 3 is 1.24 bits per heavy atom. The second-order valence-corrected chi connectivity index (χ2v) is 15.6. The maximum Gasteiger partial charge on any atom is 0.0717 e. The van der Waals surface area contributed by atoms with E-state index in [1.54, 1.807) is 0 Å². The molecule has 34 heavy (non-hydrogen) atoms. The lowest BCUT2D eigenvalue weighted by molar-refractivity contribution is 0.0377. The molecule has 2 aliphatic heterocycles. The van der Waals surface area contributed by atoms with E-state index in [1.807, 2.05) is 94.1 Å². The van der Waals surface area contributed by atoms with Gasteiger partial charge in [0.2, 0.25) is 0 Å². The van der Waals surface area contributed by atoms with Gasteiger partial charge in [0.15, 0.2) is 0 Å². The number of aliphatic hydroxyl groups is 2. The number of hydrogen-bond donors (Lipinski definition) is 2. The van der Waals surface area contributed by atoms with Crippen LogP contribution in [-0.2, 0) is 18.9 Å². The van der Waals surface area contributed by atoms with Crippen LogP contribution in [0.3, 0.4) is 0 Å². The molecule has 2 heterocycles. The minimum atomic E-state index is 0.0443. The van der Waals surface area contributed by atoms with E-state index in [0.29, 0.717) is 52.9 Å². The van der Waals surface area contributed by atoms with E-state index in [1.165, 1.54) is 25.4 Å². The molecule has 0 aliphatic carbocycles. The molecule has 2 aliphatic rings. The van der Waals surface area contributed by atoms with Crippen LogP contribution in [0.5, 0.6) is 0 Å². The van der Waals surface area contributed by atoms with Crippen LogP contribution in [0, 0.1) is 0 Å². The largest absolute Gasteiger partial charge is 0.394 e. The highest BCUT2D eigenvalue weighted by atomic mass is 32.3. The quantitative estimate of drug-likeness (QED) is 0.166. The fourth-order valence-electron chi connectivity index (χ4n) is 2.30. The van der Waals surface area contributed by atoms with Crippen LogP contribution in [0.2, 0.25) is 0 Å². The van der Waals surface area contributed by atoms with E-state index in [0.717, 1.165) is 11.5 Å². The molecule has 0 aromatic rings. The summed E-state index contributed by atoms with van der Waals surface area (Å²) in [6, 6.07) is 0. The fourth-order valence-corrected chi connectivity index (χ4v) is 13.3. The van der Waals surface area contributed by atoms with Crippen molar-refractivity contribution in [3.63, 3.8) is 0 Å². The van der Waals surface area contributed by atoms with Crippen LogP contribution in [-0.4, -0.2) is 100 Å². The van der Waals surface area contributed by atoms with Crippen molar-refractivity contribution in [1.82, 2.24) is 0 Å². The van der Waals surface area contributed by atoms with E-state index in [-0.39, 0.29) is 13.2 Å². The molecule has 0 aromatic carbocycles. The highest BCUT2D eigenvalue weighted by molar-refractivity contribution is 8.45. The van der Waals surface area contributed by atoms with Gasteiger partial charge in [0.05, 0.1) is 91.5 Å². The van der Waals surface area contributed by atoms with Crippen molar-refractivity contribution in [2.75, 3.05) is 90.1 Å². The third-order valence-corrected chi connectivity index (χ3v) is 14.9. The number of ether oxygens (including phenoxy) is 4. The van der Waals surface area contributed by atoms with Crippen molar-refractivity contribution < 1.29 is 29.2 Å². The van der Waals surface area contributed by atoms with Crippen molar-refractivity contribution in [1.29, 1.82) is 0 Å². The molecule has 0 spiro atoms. The highest BCUT2D eigenvalue weighted by Gasteiger charge is 2.30. The molecule has 0 fully saturated rings. The Labute approximate surface area is 237 Å². The summed E-state index contributed by atoms with van der Waals surface area (Å²) in [5, 5.41) is 17.5. The van der Waals surface area contributed by atoms with Crippen molar-refractivity contribution in [3.8, 4) is 0 Å². The Balaban J connectivity index is 1.81. The molecule has 6 nitrogen and oxygen atoms in total. The van der Waals surface area contributed by atoms with Crippen LogP contribution in [0.25, 0.3) is 0 Å². The van der Waals surface area contributed by atoms with Crippen molar-refractivity contribution in [2.45, 2.75) is 0 Å². The van der Waals surface area contributed by atoms with Gasteiger partial charge in [-0.25, -0.2) is 0 Å². The smallest absolute Gasteiger partial charge is 0.0717 e. The summed E-state index contributed by atoms with van der Waals surface area (Å²) in [4.78, 5) is 0. The van der Waals surface area contributed by atoms with Crippen molar-refractivity contribution in [2.24, 2.45) is 0 Å². The third kappa shape index (κ3) is 12.5. The van der Waals surface area contributed by atoms with E-state index in [9.17, 15) is 0 Å². The minimum absolute atomic E-state index is 0.0443. The number of rotatable bonds is 20. The second kappa shape index (κ2) is 20.7. The van der Waals surface area contributed by atoms with E-state index >= 15 is 0 Å². The van der Waals surface area contributed by atoms with Gasteiger partial charge in [-0.05, 0) is 12.5 Å². The van der Waals surface area contributed by atoms with Crippen LogP contribution >= 0.6 is 94.1 Å².